The van der Waals surface area contributed by atoms with Crippen molar-refractivity contribution in [3.8, 4) is 0 Å². The lowest BCUT2D eigenvalue weighted by molar-refractivity contribution is 0.313. The third-order valence-electron chi connectivity index (χ3n) is 7.12. The summed E-state index contributed by atoms with van der Waals surface area (Å²) in [6.45, 7) is 0.565. The van der Waals surface area contributed by atoms with Crippen LogP contribution >= 0.6 is 0 Å². The average molecular weight is 588 g/mol. The fourth-order valence-electron chi connectivity index (χ4n) is 4.79. The molecule has 1 saturated heterocycles. The van der Waals surface area contributed by atoms with Crippen molar-refractivity contribution in [2.24, 2.45) is 0 Å². The van der Waals surface area contributed by atoms with Crippen LogP contribution in [0.4, 0.5) is 4.39 Å². The summed E-state index contributed by atoms with van der Waals surface area (Å²) >= 11 is 0. The predicted octanol–water partition coefficient (Wildman–Crippen LogP) is 1.71. The van der Waals surface area contributed by atoms with Crippen LogP contribution in [-0.4, -0.2) is 65.2 Å². The Morgan fingerprint density at radius 3 is 2.35 bits per heavy atom. The quantitative estimate of drug-likeness (QED) is 0.315. The van der Waals surface area contributed by atoms with Crippen LogP contribution in [0, 0.1) is 5.82 Å². The molecule has 0 unspecified atom stereocenters. The highest BCUT2D eigenvalue weighted by atomic mass is 32.2. The Morgan fingerprint density at radius 1 is 0.975 bits per heavy atom. The lowest BCUT2D eigenvalue weighted by atomic mass is 9.97. The van der Waals surface area contributed by atoms with Gasteiger partial charge in [-0.3, -0.25) is 4.79 Å². The van der Waals surface area contributed by atoms with Crippen molar-refractivity contribution in [2.45, 2.75) is 54.0 Å². The maximum Gasteiger partial charge on any atom is 0.281 e. The number of nitrogens with one attached hydrogen (secondary N) is 2. The number of halogens is 1. The van der Waals surface area contributed by atoms with Crippen molar-refractivity contribution in [3.63, 3.8) is 0 Å². The standard InChI is InChI=1S/C25H26FN7O5S2/c26-18-3-1-2-16(14-18)15-33-24-22(29-31-33)25(34)28-23(27-24)17-10-12-32(13-11-17)40(37,38)21-8-6-20(7-9-21)39(35,36)30-19-4-5-19/h1-3,6-9,14,17,19,30H,4-5,10-13,15H2,(H,27,28,34). The van der Waals surface area contributed by atoms with Crippen molar-refractivity contribution in [1.82, 2.24) is 34.0 Å². The van der Waals surface area contributed by atoms with Crippen LogP contribution in [0.25, 0.3) is 11.2 Å². The fraction of sp³-hybridized carbons (Fsp3) is 0.360. The topological polar surface area (TPSA) is 160 Å². The molecule has 2 aromatic heterocycles. The Balaban J connectivity index is 1.17. The molecule has 40 heavy (non-hydrogen) atoms. The van der Waals surface area contributed by atoms with Crippen LogP contribution in [0.3, 0.4) is 0 Å². The molecule has 1 aliphatic heterocycles. The summed E-state index contributed by atoms with van der Waals surface area (Å²) in [5, 5.41) is 7.94. The Hall–Kier alpha value is -3.53. The lowest BCUT2D eigenvalue weighted by Gasteiger charge is -2.30. The van der Waals surface area contributed by atoms with E-state index in [0.29, 0.717) is 24.2 Å². The van der Waals surface area contributed by atoms with Gasteiger partial charge >= 0.3 is 0 Å². The Kier molecular flexibility index (Phi) is 6.76. The Morgan fingerprint density at radius 2 is 1.68 bits per heavy atom. The Labute approximate surface area is 229 Å². The van der Waals surface area contributed by atoms with Crippen LogP contribution < -0.4 is 10.3 Å². The second kappa shape index (κ2) is 10.1. The normalized spacial score (nSPS) is 17.4. The maximum atomic E-state index is 13.6. The van der Waals surface area contributed by atoms with Crippen molar-refractivity contribution < 1.29 is 21.2 Å². The molecule has 15 heteroatoms. The molecule has 0 atom stereocenters. The van der Waals surface area contributed by atoms with Crippen molar-refractivity contribution >= 4 is 31.2 Å². The summed E-state index contributed by atoms with van der Waals surface area (Å²) in [6, 6.07) is 11.2. The van der Waals surface area contributed by atoms with Gasteiger partial charge < -0.3 is 4.98 Å². The van der Waals surface area contributed by atoms with E-state index in [1.54, 1.807) is 12.1 Å². The first kappa shape index (κ1) is 26.7. The minimum atomic E-state index is -3.85. The van der Waals surface area contributed by atoms with E-state index in [2.05, 4.69) is 25.0 Å². The summed E-state index contributed by atoms with van der Waals surface area (Å²) in [7, 11) is -7.53. The van der Waals surface area contributed by atoms with E-state index < -0.39 is 25.6 Å². The molecular formula is C25H26FN7O5S2. The van der Waals surface area contributed by atoms with Crippen molar-refractivity contribution in [1.29, 1.82) is 0 Å². The van der Waals surface area contributed by atoms with E-state index >= 15 is 0 Å². The van der Waals surface area contributed by atoms with E-state index in [-0.39, 0.29) is 58.4 Å². The molecule has 0 radical (unpaired) electrons. The van der Waals surface area contributed by atoms with Gasteiger partial charge in [-0.15, -0.1) is 5.10 Å². The first-order valence-corrected chi connectivity index (χ1v) is 15.7. The number of hydrogen-bond donors (Lipinski definition) is 2. The molecule has 0 bridgehead atoms. The third-order valence-corrected chi connectivity index (χ3v) is 10.6. The van der Waals surface area contributed by atoms with Crippen molar-refractivity contribution in [3.05, 3.63) is 76.1 Å². The molecular weight excluding hydrogens is 561 g/mol. The molecule has 3 heterocycles. The number of H-pyrrole nitrogens is 1. The van der Waals surface area contributed by atoms with Gasteiger partial charge in [0, 0.05) is 25.0 Å². The highest BCUT2D eigenvalue weighted by Crippen LogP contribution is 2.30. The third kappa shape index (κ3) is 5.29. The highest BCUT2D eigenvalue weighted by molar-refractivity contribution is 7.89. The van der Waals surface area contributed by atoms with Gasteiger partial charge in [-0.25, -0.2) is 35.6 Å². The summed E-state index contributed by atoms with van der Waals surface area (Å²) in [4.78, 5) is 20.1. The predicted molar refractivity (Wildman–Crippen MR) is 142 cm³/mol. The molecule has 4 aromatic rings. The van der Waals surface area contributed by atoms with Crippen LogP contribution in [0.15, 0.2) is 63.1 Å². The second-order valence-electron chi connectivity index (χ2n) is 10.0. The van der Waals surface area contributed by atoms with Gasteiger partial charge in [-0.05, 0) is 67.6 Å². The fourth-order valence-corrected chi connectivity index (χ4v) is 7.56. The lowest BCUT2D eigenvalue weighted by Crippen LogP contribution is -2.38. The molecule has 0 spiro atoms. The molecule has 210 valence electrons. The number of sulfonamides is 2. The van der Waals surface area contributed by atoms with Gasteiger partial charge in [-0.1, -0.05) is 17.3 Å². The number of benzene rings is 2. The van der Waals surface area contributed by atoms with Gasteiger partial charge in [0.05, 0.1) is 16.3 Å². The van der Waals surface area contributed by atoms with Gasteiger partial charge in [0.1, 0.15) is 11.6 Å². The molecule has 1 saturated carbocycles. The van der Waals surface area contributed by atoms with Crippen LogP contribution in [0.1, 0.15) is 43.0 Å². The monoisotopic (exact) mass is 587 g/mol. The Bertz CT molecular complexity index is 1840. The van der Waals surface area contributed by atoms with E-state index in [0.717, 1.165) is 12.8 Å². The molecule has 1 aliphatic carbocycles. The molecule has 2 aromatic carbocycles. The molecule has 6 rings (SSSR count). The minimum Gasteiger partial charge on any atom is -0.308 e. The van der Waals surface area contributed by atoms with Gasteiger partial charge in [0.2, 0.25) is 20.0 Å². The van der Waals surface area contributed by atoms with E-state index in [1.165, 1.54) is 45.4 Å². The smallest absolute Gasteiger partial charge is 0.281 e. The number of hydrogen-bond acceptors (Lipinski definition) is 8. The molecule has 2 fully saturated rings. The van der Waals surface area contributed by atoms with Crippen LogP contribution in [0.5, 0.6) is 0 Å². The van der Waals surface area contributed by atoms with Gasteiger partial charge in [-0.2, -0.15) is 4.31 Å². The summed E-state index contributed by atoms with van der Waals surface area (Å²) in [6.07, 6.45) is 2.43. The number of aromatic amines is 1. The van der Waals surface area contributed by atoms with Gasteiger partial charge in [0.25, 0.3) is 5.56 Å². The zero-order chi connectivity index (χ0) is 28.1. The molecule has 2 N–H and O–H groups in total. The zero-order valence-electron chi connectivity index (χ0n) is 21.2. The average Bonchev–Trinajstić information content (AvgIpc) is 3.65. The summed E-state index contributed by atoms with van der Waals surface area (Å²) in [5.41, 5.74) is 0.521. The number of rotatable bonds is 8. The van der Waals surface area contributed by atoms with Gasteiger partial charge in [0.15, 0.2) is 11.2 Å². The maximum absolute atomic E-state index is 13.6. The minimum absolute atomic E-state index is 0.0107. The van der Waals surface area contributed by atoms with E-state index in [4.69, 9.17) is 0 Å². The molecule has 12 nitrogen and oxygen atoms in total. The SMILES string of the molecule is O=c1[nH]c(C2CCN(S(=O)(=O)c3ccc(S(=O)(=O)NC4CC4)cc3)CC2)nc2c1nnn2Cc1cccc(F)c1. The number of aromatic nitrogens is 5. The van der Waals surface area contributed by atoms with E-state index in [9.17, 15) is 26.0 Å². The van der Waals surface area contributed by atoms with Crippen LogP contribution in [-0.2, 0) is 26.6 Å². The summed E-state index contributed by atoms with van der Waals surface area (Å²) < 4.78 is 70.3. The number of nitrogens with zero attached hydrogens (tertiary/aromatic N) is 5. The largest absolute Gasteiger partial charge is 0.308 e. The highest BCUT2D eigenvalue weighted by Gasteiger charge is 2.32. The number of piperidine rings is 1. The van der Waals surface area contributed by atoms with E-state index in [1.807, 2.05) is 0 Å². The second-order valence-corrected chi connectivity index (χ2v) is 13.7. The summed E-state index contributed by atoms with van der Waals surface area (Å²) in [5.74, 6) is -0.182. The molecule has 2 aliphatic rings. The van der Waals surface area contributed by atoms with Crippen LogP contribution in [0.2, 0.25) is 0 Å². The molecule has 0 amide bonds. The van der Waals surface area contributed by atoms with Crippen molar-refractivity contribution in [2.75, 3.05) is 13.1 Å². The first-order chi connectivity index (χ1) is 19.1. The first-order valence-electron chi connectivity index (χ1n) is 12.8. The zero-order valence-corrected chi connectivity index (χ0v) is 22.8. The number of fused-ring (bicyclic) bond motifs is 1.